The molecule has 2 amide bonds. The molecule has 0 unspecified atom stereocenters. The van der Waals surface area contributed by atoms with Crippen molar-refractivity contribution in [1.82, 2.24) is 15.6 Å². The quantitative estimate of drug-likeness (QED) is 0.711. The van der Waals surface area contributed by atoms with Gasteiger partial charge in [-0.05, 0) is 23.8 Å². The van der Waals surface area contributed by atoms with E-state index in [2.05, 4.69) is 15.6 Å². The van der Waals surface area contributed by atoms with Crippen LogP contribution in [0.2, 0.25) is 0 Å². The molecule has 1 heterocycles. The van der Waals surface area contributed by atoms with Gasteiger partial charge in [-0.3, -0.25) is 0 Å². The molecular weight excluding hydrogens is 320 g/mol. The number of methoxy groups -OCH3 is 1. The number of nitrogens with zero attached hydrogens (tertiary/aromatic N) is 2. The zero-order valence-corrected chi connectivity index (χ0v) is 14.7. The van der Waals surface area contributed by atoms with Gasteiger partial charge in [-0.2, -0.15) is 0 Å². The van der Waals surface area contributed by atoms with E-state index in [0.717, 1.165) is 17.1 Å². The summed E-state index contributed by atoms with van der Waals surface area (Å²) in [6.07, 6.45) is 0.928. The van der Waals surface area contributed by atoms with Gasteiger partial charge in [0, 0.05) is 38.9 Å². The molecule has 7 heteroatoms. The first-order valence-electron chi connectivity index (χ1n) is 7.96. The summed E-state index contributed by atoms with van der Waals surface area (Å²) in [6.45, 7) is 0.470. The molecule has 1 aromatic heterocycles. The maximum absolute atomic E-state index is 11.9. The van der Waals surface area contributed by atoms with Gasteiger partial charge < -0.3 is 25.4 Å². The SMILES string of the molecule is COc1ccc([C@@H](O)CNC(=O)NCc2cccnc2N(C)C)cc1. The first-order chi connectivity index (χ1) is 12.0. The number of hydrogen-bond acceptors (Lipinski definition) is 5. The predicted molar refractivity (Wildman–Crippen MR) is 96.8 cm³/mol. The van der Waals surface area contributed by atoms with Gasteiger partial charge >= 0.3 is 6.03 Å². The second-order valence-corrected chi connectivity index (χ2v) is 5.73. The van der Waals surface area contributed by atoms with E-state index in [1.165, 1.54) is 0 Å². The van der Waals surface area contributed by atoms with Gasteiger partial charge in [-0.1, -0.05) is 18.2 Å². The number of urea groups is 1. The molecule has 2 rings (SSSR count). The fourth-order valence-electron chi connectivity index (χ4n) is 2.34. The maximum Gasteiger partial charge on any atom is 0.315 e. The van der Waals surface area contributed by atoms with Gasteiger partial charge in [0.05, 0.1) is 13.2 Å². The van der Waals surface area contributed by atoms with E-state index >= 15 is 0 Å². The first kappa shape index (κ1) is 18.5. The number of anilines is 1. The molecule has 0 spiro atoms. The molecule has 0 bridgehead atoms. The summed E-state index contributed by atoms with van der Waals surface area (Å²) >= 11 is 0. The molecule has 1 atom stereocenters. The number of nitrogens with one attached hydrogen (secondary N) is 2. The van der Waals surface area contributed by atoms with Gasteiger partial charge in [-0.25, -0.2) is 9.78 Å². The molecule has 7 nitrogen and oxygen atoms in total. The van der Waals surface area contributed by atoms with E-state index in [4.69, 9.17) is 4.74 Å². The Morgan fingerprint density at radius 2 is 1.96 bits per heavy atom. The number of benzene rings is 1. The van der Waals surface area contributed by atoms with Gasteiger partial charge in [-0.15, -0.1) is 0 Å². The third-order valence-electron chi connectivity index (χ3n) is 3.69. The summed E-state index contributed by atoms with van der Waals surface area (Å²) in [5.41, 5.74) is 1.63. The summed E-state index contributed by atoms with van der Waals surface area (Å²) in [5.74, 6) is 1.52. The molecular formula is C18H24N4O3. The smallest absolute Gasteiger partial charge is 0.315 e. The predicted octanol–water partition coefficient (Wildman–Crippen LogP) is 1.69. The average molecular weight is 344 g/mol. The van der Waals surface area contributed by atoms with Gasteiger partial charge in [0.25, 0.3) is 0 Å². The van der Waals surface area contributed by atoms with E-state index in [9.17, 15) is 9.90 Å². The standard InChI is InChI=1S/C18H24N4O3/c1-22(2)17-14(5-4-10-19-17)11-20-18(24)21-12-16(23)13-6-8-15(25-3)9-7-13/h4-10,16,23H,11-12H2,1-3H3,(H2,20,21,24)/t16-/m0/s1. The number of ether oxygens (including phenoxy) is 1. The number of pyridine rings is 1. The fourth-order valence-corrected chi connectivity index (χ4v) is 2.34. The summed E-state index contributed by atoms with van der Waals surface area (Å²) in [7, 11) is 5.38. The summed E-state index contributed by atoms with van der Waals surface area (Å²) in [5, 5.41) is 15.6. The van der Waals surface area contributed by atoms with Crippen molar-refractivity contribution in [1.29, 1.82) is 0 Å². The highest BCUT2D eigenvalue weighted by Crippen LogP contribution is 2.17. The maximum atomic E-state index is 11.9. The van der Waals surface area contributed by atoms with Crippen LogP contribution in [0.15, 0.2) is 42.6 Å². The number of aliphatic hydroxyl groups is 1. The van der Waals surface area contributed by atoms with Gasteiger partial charge in [0.15, 0.2) is 0 Å². The summed E-state index contributed by atoms with van der Waals surface area (Å²) < 4.78 is 5.08. The Kier molecular flexibility index (Phi) is 6.59. The van der Waals surface area contributed by atoms with Crippen LogP contribution in [0.5, 0.6) is 5.75 Å². The van der Waals surface area contributed by atoms with Crippen LogP contribution in [-0.4, -0.2) is 43.9 Å². The lowest BCUT2D eigenvalue weighted by atomic mass is 10.1. The fraction of sp³-hybridized carbons (Fsp3) is 0.333. The van der Waals surface area contributed by atoms with Crippen molar-refractivity contribution in [2.24, 2.45) is 0 Å². The number of carbonyl (C=O) groups is 1. The van der Waals surface area contributed by atoms with Crippen molar-refractivity contribution in [2.45, 2.75) is 12.6 Å². The van der Waals surface area contributed by atoms with Crippen molar-refractivity contribution < 1.29 is 14.6 Å². The first-order valence-corrected chi connectivity index (χ1v) is 7.96. The minimum absolute atomic E-state index is 0.117. The van der Waals surface area contributed by atoms with Gasteiger partial charge in [0.2, 0.25) is 0 Å². The van der Waals surface area contributed by atoms with Crippen molar-refractivity contribution in [3.05, 3.63) is 53.7 Å². The Hall–Kier alpha value is -2.80. The van der Waals surface area contributed by atoms with E-state index in [-0.39, 0.29) is 12.6 Å². The molecule has 134 valence electrons. The Balaban J connectivity index is 1.82. The van der Waals surface area contributed by atoms with E-state index < -0.39 is 6.10 Å². The Labute approximate surface area is 147 Å². The molecule has 3 N–H and O–H groups in total. The van der Waals surface area contributed by atoms with Crippen LogP contribution in [0.4, 0.5) is 10.6 Å². The highest BCUT2D eigenvalue weighted by atomic mass is 16.5. The number of aliphatic hydroxyl groups excluding tert-OH is 1. The lowest BCUT2D eigenvalue weighted by Crippen LogP contribution is -2.37. The van der Waals surface area contributed by atoms with Crippen molar-refractivity contribution >= 4 is 11.8 Å². The molecule has 0 aliphatic rings. The minimum Gasteiger partial charge on any atom is -0.497 e. The zero-order valence-electron chi connectivity index (χ0n) is 14.7. The number of amides is 2. The molecule has 0 fully saturated rings. The monoisotopic (exact) mass is 344 g/mol. The van der Waals surface area contributed by atoms with Crippen LogP contribution < -0.4 is 20.3 Å². The van der Waals surface area contributed by atoms with Crippen LogP contribution in [0.25, 0.3) is 0 Å². The van der Waals surface area contributed by atoms with Crippen LogP contribution >= 0.6 is 0 Å². The second-order valence-electron chi connectivity index (χ2n) is 5.73. The number of hydrogen-bond donors (Lipinski definition) is 3. The molecule has 25 heavy (non-hydrogen) atoms. The normalized spacial score (nSPS) is 11.5. The molecule has 0 saturated carbocycles. The molecule has 0 saturated heterocycles. The van der Waals surface area contributed by atoms with Crippen molar-refractivity contribution in [2.75, 3.05) is 32.6 Å². The second kappa shape index (κ2) is 8.89. The Morgan fingerprint density at radius 1 is 1.24 bits per heavy atom. The Morgan fingerprint density at radius 3 is 2.60 bits per heavy atom. The van der Waals surface area contributed by atoms with Crippen LogP contribution in [-0.2, 0) is 6.54 Å². The van der Waals surface area contributed by atoms with Crippen LogP contribution in [0, 0.1) is 0 Å². The highest BCUT2D eigenvalue weighted by molar-refractivity contribution is 5.74. The minimum atomic E-state index is -0.785. The lowest BCUT2D eigenvalue weighted by molar-refractivity contribution is 0.173. The highest BCUT2D eigenvalue weighted by Gasteiger charge is 2.11. The number of rotatable bonds is 7. The Bertz CT molecular complexity index is 689. The third-order valence-corrected chi connectivity index (χ3v) is 3.69. The molecule has 2 aromatic rings. The van der Waals surface area contributed by atoms with E-state index in [0.29, 0.717) is 12.1 Å². The van der Waals surface area contributed by atoms with Crippen molar-refractivity contribution in [3.8, 4) is 5.75 Å². The van der Waals surface area contributed by atoms with Crippen molar-refractivity contribution in [3.63, 3.8) is 0 Å². The molecule has 1 aromatic carbocycles. The largest absolute Gasteiger partial charge is 0.497 e. The van der Waals surface area contributed by atoms with Gasteiger partial charge in [0.1, 0.15) is 11.6 Å². The summed E-state index contributed by atoms with van der Waals surface area (Å²) in [6, 6.07) is 10.5. The summed E-state index contributed by atoms with van der Waals surface area (Å²) in [4.78, 5) is 18.1. The molecule has 0 radical (unpaired) electrons. The van der Waals surface area contributed by atoms with Crippen LogP contribution in [0.1, 0.15) is 17.2 Å². The molecule has 0 aliphatic heterocycles. The topological polar surface area (TPSA) is 86.7 Å². The molecule has 0 aliphatic carbocycles. The van der Waals surface area contributed by atoms with Crippen LogP contribution in [0.3, 0.4) is 0 Å². The number of aromatic nitrogens is 1. The zero-order chi connectivity index (χ0) is 18.2. The third kappa shape index (κ3) is 5.36. The number of carbonyl (C=O) groups excluding carboxylic acids is 1. The lowest BCUT2D eigenvalue weighted by Gasteiger charge is -2.17. The average Bonchev–Trinajstić information content (AvgIpc) is 2.64. The van der Waals surface area contributed by atoms with E-state index in [1.54, 1.807) is 37.6 Å². The van der Waals surface area contributed by atoms with E-state index in [1.807, 2.05) is 31.1 Å².